The molecule has 1 aliphatic heterocycles. The zero-order valence-electron chi connectivity index (χ0n) is 10.4. The van der Waals surface area contributed by atoms with E-state index in [9.17, 15) is 9.59 Å². The van der Waals surface area contributed by atoms with Crippen molar-refractivity contribution in [3.8, 4) is 5.75 Å². The Morgan fingerprint density at radius 1 is 1.42 bits per heavy atom. The number of aliphatic carboxylic acids is 1. The molecule has 19 heavy (non-hydrogen) atoms. The molecular formula is C13H16N2O4. The van der Waals surface area contributed by atoms with Crippen LogP contribution in [0.15, 0.2) is 18.2 Å². The third-order valence-corrected chi connectivity index (χ3v) is 2.78. The largest absolute Gasteiger partial charge is 0.490 e. The number of Topliss-reactive ketones (excluding diaryl/α,β-unsaturated/α-hetero) is 1. The van der Waals surface area contributed by atoms with Gasteiger partial charge in [-0.3, -0.25) is 9.59 Å². The van der Waals surface area contributed by atoms with Gasteiger partial charge in [0.05, 0.1) is 18.7 Å². The van der Waals surface area contributed by atoms with Gasteiger partial charge in [-0.15, -0.1) is 0 Å². The summed E-state index contributed by atoms with van der Waals surface area (Å²) in [5.74, 6) is -0.197. The number of anilines is 1. The number of benzene rings is 1. The molecule has 0 fully saturated rings. The number of fused-ring (bicyclic) bond motifs is 1. The molecule has 1 heterocycles. The number of nitrogens with one attached hydrogen (secondary N) is 2. The fourth-order valence-electron chi connectivity index (χ4n) is 1.81. The number of carboxylic acids is 1. The maximum absolute atomic E-state index is 11.9. The van der Waals surface area contributed by atoms with Gasteiger partial charge in [0.15, 0.2) is 5.78 Å². The number of carbonyl (C=O) groups is 2. The smallest absolute Gasteiger partial charge is 0.304 e. The van der Waals surface area contributed by atoms with Crippen LogP contribution in [0.3, 0.4) is 0 Å². The monoisotopic (exact) mass is 264 g/mol. The number of hydrogen-bond donors (Lipinski definition) is 3. The molecule has 0 amide bonds. The molecule has 0 aliphatic carbocycles. The van der Waals surface area contributed by atoms with Crippen molar-refractivity contribution in [2.24, 2.45) is 0 Å². The third kappa shape index (κ3) is 3.69. The molecule has 0 unspecified atom stereocenters. The normalized spacial score (nSPS) is 13.1. The summed E-state index contributed by atoms with van der Waals surface area (Å²) >= 11 is 0. The van der Waals surface area contributed by atoms with E-state index in [1.54, 1.807) is 18.2 Å². The number of ketones is 1. The van der Waals surface area contributed by atoms with Gasteiger partial charge in [0.25, 0.3) is 0 Å². The number of rotatable bonds is 6. The lowest BCUT2D eigenvalue weighted by Crippen LogP contribution is -2.25. The Morgan fingerprint density at radius 2 is 2.26 bits per heavy atom. The van der Waals surface area contributed by atoms with E-state index in [2.05, 4.69) is 10.6 Å². The zero-order valence-corrected chi connectivity index (χ0v) is 10.4. The number of ether oxygens (including phenoxy) is 1. The first-order valence-corrected chi connectivity index (χ1v) is 6.13. The Kier molecular flexibility index (Phi) is 4.35. The average Bonchev–Trinajstić information content (AvgIpc) is 2.42. The van der Waals surface area contributed by atoms with E-state index < -0.39 is 5.97 Å². The summed E-state index contributed by atoms with van der Waals surface area (Å²) in [6.45, 7) is 1.76. The van der Waals surface area contributed by atoms with Crippen molar-refractivity contribution in [3.63, 3.8) is 0 Å². The van der Waals surface area contributed by atoms with Crippen molar-refractivity contribution in [1.82, 2.24) is 5.32 Å². The van der Waals surface area contributed by atoms with Gasteiger partial charge in [-0.25, -0.2) is 0 Å². The summed E-state index contributed by atoms with van der Waals surface area (Å²) < 4.78 is 5.43. The third-order valence-electron chi connectivity index (χ3n) is 2.78. The van der Waals surface area contributed by atoms with Crippen LogP contribution in [0, 0.1) is 0 Å². The number of carboxylic acid groups (broad SMARTS) is 1. The van der Waals surface area contributed by atoms with E-state index in [4.69, 9.17) is 9.84 Å². The quantitative estimate of drug-likeness (QED) is 0.519. The Hall–Kier alpha value is -2.08. The highest BCUT2D eigenvalue weighted by molar-refractivity contribution is 5.98. The first-order chi connectivity index (χ1) is 9.16. The Labute approximate surface area is 110 Å². The van der Waals surface area contributed by atoms with Crippen molar-refractivity contribution in [1.29, 1.82) is 0 Å². The minimum absolute atomic E-state index is 0.00681. The molecule has 0 saturated heterocycles. The topological polar surface area (TPSA) is 87.7 Å². The van der Waals surface area contributed by atoms with Crippen LogP contribution in [0.1, 0.15) is 16.8 Å². The van der Waals surface area contributed by atoms with Crippen molar-refractivity contribution >= 4 is 17.4 Å². The van der Waals surface area contributed by atoms with Crippen LogP contribution in [-0.4, -0.2) is 43.1 Å². The maximum atomic E-state index is 11.9. The van der Waals surface area contributed by atoms with Gasteiger partial charge in [0.2, 0.25) is 0 Å². The molecule has 0 aromatic heterocycles. The van der Waals surface area contributed by atoms with Crippen LogP contribution < -0.4 is 15.4 Å². The Bertz CT molecular complexity index is 488. The summed E-state index contributed by atoms with van der Waals surface area (Å²) in [4.78, 5) is 22.2. The summed E-state index contributed by atoms with van der Waals surface area (Å²) in [5.41, 5.74) is 1.40. The molecule has 1 aliphatic rings. The van der Waals surface area contributed by atoms with Crippen LogP contribution >= 0.6 is 0 Å². The molecule has 102 valence electrons. The Balaban J connectivity index is 1.90. The predicted octanol–water partition coefficient (Wildman–Crippen LogP) is 0.738. The molecule has 2 rings (SSSR count). The summed E-state index contributed by atoms with van der Waals surface area (Å²) in [5, 5.41) is 14.5. The molecular weight excluding hydrogens is 248 g/mol. The number of carbonyl (C=O) groups excluding carboxylic acids is 1. The Morgan fingerprint density at radius 3 is 3.05 bits per heavy atom. The predicted molar refractivity (Wildman–Crippen MR) is 69.9 cm³/mol. The minimum Gasteiger partial charge on any atom is -0.490 e. The second kappa shape index (κ2) is 6.19. The van der Waals surface area contributed by atoms with Gasteiger partial charge in [-0.05, 0) is 18.2 Å². The maximum Gasteiger partial charge on any atom is 0.304 e. The molecule has 6 nitrogen and oxygen atoms in total. The molecule has 0 atom stereocenters. The fraction of sp³-hybridized carbons (Fsp3) is 0.385. The van der Waals surface area contributed by atoms with Gasteiger partial charge >= 0.3 is 5.97 Å². The lowest BCUT2D eigenvalue weighted by molar-refractivity contribution is -0.136. The molecule has 0 bridgehead atoms. The minimum atomic E-state index is -0.880. The van der Waals surface area contributed by atoms with E-state index in [0.29, 0.717) is 12.2 Å². The van der Waals surface area contributed by atoms with Crippen LogP contribution in [0.2, 0.25) is 0 Å². The molecule has 0 spiro atoms. The zero-order chi connectivity index (χ0) is 13.7. The average molecular weight is 264 g/mol. The summed E-state index contributed by atoms with van der Waals surface area (Å²) in [7, 11) is 0. The van der Waals surface area contributed by atoms with E-state index in [0.717, 1.165) is 18.0 Å². The first kappa shape index (κ1) is 13.4. The van der Waals surface area contributed by atoms with Gasteiger partial charge in [-0.2, -0.15) is 0 Å². The van der Waals surface area contributed by atoms with Crippen LogP contribution in [0.4, 0.5) is 5.69 Å². The highest BCUT2D eigenvalue weighted by atomic mass is 16.5. The molecule has 6 heteroatoms. The van der Waals surface area contributed by atoms with E-state index >= 15 is 0 Å². The van der Waals surface area contributed by atoms with Gasteiger partial charge in [0, 0.05) is 18.7 Å². The van der Waals surface area contributed by atoms with E-state index in [1.165, 1.54) is 0 Å². The van der Waals surface area contributed by atoms with Gasteiger partial charge < -0.3 is 20.5 Å². The van der Waals surface area contributed by atoms with Gasteiger partial charge in [0.1, 0.15) is 12.4 Å². The molecule has 1 aromatic carbocycles. The lowest BCUT2D eigenvalue weighted by Gasteiger charge is -2.19. The van der Waals surface area contributed by atoms with E-state index in [-0.39, 0.29) is 25.3 Å². The van der Waals surface area contributed by atoms with Crippen molar-refractivity contribution < 1.29 is 19.4 Å². The number of hydrogen-bond acceptors (Lipinski definition) is 5. The molecule has 3 N–H and O–H groups in total. The van der Waals surface area contributed by atoms with E-state index in [1.807, 2.05) is 0 Å². The van der Waals surface area contributed by atoms with Crippen molar-refractivity contribution in [3.05, 3.63) is 23.8 Å². The molecule has 0 saturated carbocycles. The summed E-state index contributed by atoms with van der Waals surface area (Å²) in [6, 6.07) is 5.24. The highest BCUT2D eigenvalue weighted by Gasteiger charge is 2.13. The molecule has 1 aromatic rings. The van der Waals surface area contributed by atoms with Crippen LogP contribution in [-0.2, 0) is 4.79 Å². The van der Waals surface area contributed by atoms with Crippen molar-refractivity contribution in [2.75, 3.05) is 31.6 Å². The fourth-order valence-corrected chi connectivity index (χ4v) is 1.81. The van der Waals surface area contributed by atoms with Crippen LogP contribution in [0.5, 0.6) is 5.75 Å². The molecule has 0 radical (unpaired) electrons. The second-order valence-corrected chi connectivity index (χ2v) is 4.23. The van der Waals surface area contributed by atoms with Crippen LogP contribution in [0.25, 0.3) is 0 Å². The second-order valence-electron chi connectivity index (χ2n) is 4.23. The lowest BCUT2D eigenvalue weighted by atomic mass is 10.1. The SMILES string of the molecule is O=C(O)CCNCC(=O)c1ccc2c(c1)NCCO2. The van der Waals surface area contributed by atoms with Gasteiger partial charge in [-0.1, -0.05) is 0 Å². The first-order valence-electron chi connectivity index (χ1n) is 6.13. The standard InChI is InChI=1S/C13H16N2O4/c16-11(8-14-4-3-13(17)18)9-1-2-12-10(7-9)15-5-6-19-12/h1-2,7,14-15H,3-6,8H2,(H,17,18). The summed E-state index contributed by atoms with van der Waals surface area (Å²) in [6.07, 6.45) is 0.00681. The highest BCUT2D eigenvalue weighted by Crippen LogP contribution is 2.27. The van der Waals surface area contributed by atoms with Crippen molar-refractivity contribution in [2.45, 2.75) is 6.42 Å².